The molecule has 0 saturated carbocycles. The van der Waals surface area contributed by atoms with Gasteiger partial charge in [-0.25, -0.2) is 4.39 Å². The van der Waals surface area contributed by atoms with Crippen LogP contribution in [0.1, 0.15) is 0 Å². The SMILES string of the molecule is O=C(NCCO)C(=O)Nc1ccc(F)c(Cl)c1. The van der Waals surface area contributed by atoms with E-state index in [1.165, 1.54) is 12.1 Å². The second-order valence-corrected chi connectivity index (χ2v) is 3.47. The first-order chi connectivity index (χ1) is 8.04. The molecule has 0 aromatic heterocycles. The molecule has 3 N–H and O–H groups in total. The normalized spacial score (nSPS) is 9.82. The third-order valence-electron chi connectivity index (χ3n) is 1.78. The van der Waals surface area contributed by atoms with Crippen LogP contribution in [0, 0.1) is 5.82 Å². The Morgan fingerprint density at radius 3 is 2.65 bits per heavy atom. The molecule has 0 saturated heterocycles. The topological polar surface area (TPSA) is 78.4 Å². The zero-order valence-electron chi connectivity index (χ0n) is 8.67. The van der Waals surface area contributed by atoms with Crippen LogP contribution in [0.3, 0.4) is 0 Å². The number of carbonyl (C=O) groups is 2. The molecule has 0 heterocycles. The van der Waals surface area contributed by atoms with Gasteiger partial charge in [0.2, 0.25) is 0 Å². The molecule has 2 amide bonds. The maximum Gasteiger partial charge on any atom is 0.313 e. The summed E-state index contributed by atoms with van der Waals surface area (Å²) in [4.78, 5) is 22.4. The zero-order valence-corrected chi connectivity index (χ0v) is 9.42. The Balaban J connectivity index is 2.61. The third-order valence-corrected chi connectivity index (χ3v) is 2.07. The quantitative estimate of drug-likeness (QED) is 0.694. The number of anilines is 1. The van der Waals surface area contributed by atoms with Crippen molar-refractivity contribution in [2.75, 3.05) is 18.5 Å². The molecule has 0 spiro atoms. The number of rotatable bonds is 3. The van der Waals surface area contributed by atoms with Crippen molar-refractivity contribution in [2.24, 2.45) is 0 Å². The fourth-order valence-electron chi connectivity index (χ4n) is 1.01. The molecule has 0 bridgehead atoms. The molecule has 0 unspecified atom stereocenters. The van der Waals surface area contributed by atoms with Crippen LogP contribution in [0.2, 0.25) is 5.02 Å². The second-order valence-electron chi connectivity index (χ2n) is 3.06. The molecule has 0 atom stereocenters. The Bertz CT molecular complexity index is 440. The minimum atomic E-state index is -0.916. The summed E-state index contributed by atoms with van der Waals surface area (Å²) in [7, 11) is 0. The molecular formula is C10H10ClFN2O3. The predicted molar refractivity (Wildman–Crippen MR) is 60.1 cm³/mol. The van der Waals surface area contributed by atoms with Gasteiger partial charge in [-0.2, -0.15) is 0 Å². The highest BCUT2D eigenvalue weighted by Gasteiger charge is 2.13. The van der Waals surface area contributed by atoms with Gasteiger partial charge in [-0.15, -0.1) is 0 Å². The minimum absolute atomic E-state index is 0.0174. The Hall–Kier alpha value is -1.66. The van der Waals surface area contributed by atoms with Crippen molar-refractivity contribution in [2.45, 2.75) is 0 Å². The van der Waals surface area contributed by atoms with Gasteiger partial charge < -0.3 is 15.7 Å². The van der Waals surface area contributed by atoms with E-state index in [-0.39, 0.29) is 23.9 Å². The van der Waals surface area contributed by atoms with E-state index < -0.39 is 17.6 Å². The molecule has 1 aromatic carbocycles. The van der Waals surface area contributed by atoms with Crippen molar-refractivity contribution < 1.29 is 19.1 Å². The summed E-state index contributed by atoms with van der Waals surface area (Å²) < 4.78 is 12.8. The summed E-state index contributed by atoms with van der Waals surface area (Å²) in [6.45, 7) is -0.280. The average molecular weight is 261 g/mol. The lowest BCUT2D eigenvalue weighted by molar-refractivity contribution is -0.136. The molecular weight excluding hydrogens is 251 g/mol. The number of nitrogens with one attached hydrogen (secondary N) is 2. The molecule has 0 radical (unpaired) electrons. The summed E-state index contributed by atoms with van der Waals surface area (Å²) in [5, 5.41) is 12.7. The average Bonchev–Trinajstić information content (AvgIpc) is 2.30. The monoisotopic (exact) mass is 260 g/mol. The first-order valence-corrected chi connectivity index (χ1v) is 5.07. The number of hydrogen-bond donors (Lipinski definition) is 3. The van der Waals surface area contributed by atoms with E-state index in [9.17, 15) is 14.0 Å². The van der Waals surface area contributed by atoms with Gasteiger partial charge in [-0.05, 0) is 18.2 Å². The van der Waals surface area contributed by atoms with Crippen molar-refractivity contribution in [1.29, 1.82) is 0 Å². The van der Waals surface area contributed by atoms with E-state index in [0.29, 0.717) is 0 Å². The zero-order chi connectivity index (χ0) is 12.8. The third kappa shape index (κ3) is 4.01. The van der Waals surface area contributed by atoms with E-state index in [0.717, 1.165) is 6.07 Å². The van der Waals surface area contributed by atoms with Crippen LogP contribution in [0.4, 0.5) is 10.1 Å². The largest absolute Gasteiger partial charge is 0.395 e. The maximum atomic E-state index is 12.8. The summed E-state index contributed by atoms with van der Waals surface area (Å²) in [5.41, 5.74) is 0.209. The Labute approximate surface area is 102 Å². The molecule has 1 aromatic rings. The van der Waals surface area contributed by atoms with Crippen LogP contribution in [-0.4, -0.2) is 30.1 Å². The fourth-order valence-corrected chi connectivity index (χ4v) is 1.19. The van der Waals surface area contributed by atoms with E-state index in [4.69, 9.17) is 16.7 Å². The number of halogens is 2. The van der Waals surface area contributed by atoms with Crippen molar-refractivity contribution in [1.82, 2.24) is 5.32 Å². The number of hydrogen-bond acceptors (Lipinski definition) is 3. The fraction of sp³-hybridized carbons (Fsp3) is 0.200. The summed E-state index contributed by atoms with van der Waals surface area (Å²) in [6, 6.07) is 3.54. The Kier molecular flexibility index (Phi) is 4.86. The van der Waals surface area contributed by atoms with Crippen molar-refractivity contribution >= 4 is 29.1 Å². The molecule has 7 heteroatoms. The number of amides is 2. The predicted octanol–water partition coefficient (Wildman–Crippen LogP) is 0.526. The van der Waals surface area contributed by atoms with E-state index in [1.807, 2.05) is 0 Å². The van der Waals surface area contributed by atoms with Gasteiger partial charge >= 0.3 is 11.8 Å². The summed E-state index contributed by atoms with van der Waals surface area (Å²) >= 11 is 5.50. The highest BCUT2D eigenvalue weighted by Crippen LogP contribution is 2.19. The smallest absolute Gasteiger partial charge is 0.313 e. The van der Waals surface area contributed by atoms with E-state index in [2.05, 4.69) is 10.6 Å². The lowest BCUT2D eigenvalue weighted by Crippen LogP contribution is -2.36. The van der Waals surface area contributed by atoms with Gasteiger partial charge in [-0.3, -0.25) is 9.59 Å². The van der Waals surface area contributed by atoms with Gasteiger partial charge in [-0.1, -0.05) is 11.6 Å². The van der Waals surface area contributed by atoms with Crippen molar-refractivity contribution in [3.05, 3.63) is 29.0 Å². The standard InChI is InChI=1S/C10H10ClFN2O3/c11-7-5-6(1-2-8(7)12)14-10(17)9(16)13-3-4-15/h1-2,5,15H,3-4H2,(H,13,16)(H,14,17). The van der Waals surface area contributed by atoms with Crippen molar-refractivity contribution in [3.8, 4) is 0 Å². The van der Waals surface area contributed by atoms with Crippen molar-refractivity contribution in [3.63, 3.8) is 0 Å². The van der Waals surface area contributed by atoms with E-state index >= 15 is 0 Å². The first kappa shape index (κ1) is 13.4. The number of carbonyl (C=O) groups excluding carboxylic acids is 2. The summed E-state index contributed by atoms with van der Waals surface area (Å²) in [5.74, 6) is -2.42. The summed E-state index contributed by atoms with van der Waals surface area (Å²) in [6.07, 6.45) is 0. The maximum absolute atomic E-state index is 12.8. The first-order valence-electron chi connectivity index (χ1n) is 4.69. The Morgan fingerprint density at radius 1 is 1.35 bits per heavy atom. The minimum Gasteiger partial charge on any atom is -0.395 e. The molecule has 0 aliphatic carbocycles. The van der Waals surface area contributed by atoms with Crippen LogP contribution in [0.15, 0.2) is 18.2 Å². The molecule has 92 valence electrons. The van der Waals surface area contributed by atoms with Crippen LogP contribution in [0.25, 0.3) is 0 Å². The molecule has 1 rings (SSSR count). The van der Waals surface area contributed by atoms with Crippen LogP contribution in [0.5, 0.6) is 0 Å². The van der Waals surface area contributed by atoms with Gasteiger partial charge in [0.05, 0.1) is 11.6 Å². The number of aliphatic hydroxyl groups is 1. The van der Waals surface area contributed by atoms with Gasteiger partial charge in [0.25, 0.3) is 0 Å². The van der Waals surface area contributed by atoms with Crippen LogP contribution < -0.4 is 10.6 Å². The Morgan fingerprint density at radius 2 is 2.06 bits per heavy atom. The van der Waals surface area contributed by atoms with Crippen LogP contribution >= 0.6 is 11.6 Å². The molecule has 0 aliphatic heterocycles. The molecule has 0 aliphatic rings. The molecule has 0 fully saturated rings. The lowest BCUT2D eigenvalue weighted by Gasteiger charge is -2.05. The lowest BCUT2D eigenvalue weighted by atomic mass is 10.3. The molecule has 5 nitrogen and oxygen atoms in total. The van der Waals surface area contributed by atoms with Gasteiger partial charge in [0.1, 0.15) is 5.82 Å². The second kappa shape index (κ2) is 6.17. The highest BCUT2D eigenvalue weighted by molar-refractivity contribution is 6.39. The number of aliphatic hydroxyl groups excluding tert-OH is 1. The van der Waals surface area contributed by atoms with Crippen LogP contribution in [-0.2, 0) is 9.59 Å². The molecule has 17 heavy (non-hydrogen) atoms. The number of benzene rings is 1. The van der Waals surface area contributed by atoms with Gasteiger partial charge in [0.15, 0.2) is 0 Å². The van der Waals surface area contributed by atoms with Gasteiger partial charge in [0, 0.05) is 12.2 Å². The van der Waals surface area contributed by atoms with E-state index in [1.54, 1.807) is 0 Å². The highest BCUT2D eigenvalue weighted by atomic mass is 35.5.